The Bertz CT molecular complexity index is 762. The van der Waals surface area contributed by atoms with Crippen molar-refractivity contribution in [2.45, 2.75) is 39.0 Å². The number of fused-ring (bicyclic) bond motifs is 1. The highest BCUT2D eigenvalue weighted by atomic mass is 16.6. The Kier molecular flexibility index (Phi) is 6.58. The topological polar surface area (TPSA) is 76.7 Å². The molecule has 6 nitrogen and oxygen atoms in total. The van der Waals surface area contributed by atoms with Crippen LogP contribution in [0.3, 0.4) is 0 Å². The summed E-state index contributed by atoms with van der Waals surface area (Å²) in [5.74, 6) is -0.328. The van der Waals surface area contributed by atoms with Crippen LogP contribution in [0.1, 0.15) is 26.3 Å². The predicted octanol–water partition coefficient (Wildman–Crippen LogP) is 3.00. The maximum absolute atomic E-state index is 12.5. The zero-order valence-electron chi connectivity index (χ0n) is 15.7. The Morgan fingerprint density at radius 2 is 1.77 bits per heavy atom. The van der Waals surface area contributed by atoms with Gasteiger partial charge in [0.25, 0.3) is 0 Å². The summed E-state index contributed by atoms with van der Waals surface area (Å²) in [6, 6.07) is 13.1. The summed E-state index contributed by atoms with van der Waals surface area (Å²) in [7, 11) is 1.47. The smallest absolute Gasteiger partial charge is 0.408 e. The molecule has 6 heteroatoms. The molecule has 2 amide bonds. The van der Waals surface area contributed by atoms with Gasteiger partial charge in [0.05, 0.1) is 6.61 Å². The summed E-state index contributed by atoms with van der Waals surface area (Å²) in [5, 5.41) is 7.60. The molecule has 0 radical (unpaired) electrons. The second-order valence-corrected chi connectivity index (χ2v) is 7.01. The van der Waals surface area contributed by atoms with E-state index >= 15 is 0 Å². The second-order valence-electron chi connectivity index (χ2n) is 7.01. The normalized spacial score (nSPS) is 12.5. The van der Waals surface area contributed by atoms with E-state index in [1.807, 2.05) is 42.5 Å². The number of carbonyl (C=O) groups excluding carboxylic acids is 2. The molecule has 0 aliphatic carbocycles. The van der Waals surface area contributed by atoms with Crippen molar-refractivity contribution in [3.05, 3.63) is 48.0 Å². The van der Waals surface area contributed by atoms with Crippen molar-refractivity contribution in [2.75, 3.05) is 13.7 Å². The van der Waals surface area contributed by atoms with Crippen LogP contribution in [0.4, 0.5) is 4.79 Å². The number of hydrogen-bond acceptors (Lipinski definition) is 4. The SMILES string of the molecule is COC[C@H](NC(=O)OC(C)(C)C)C(=O)NCc1cccc2ccccc12. The lowest BCUT2D eigenvalue weighted by atomic mass is 10.0. The van der Waals surface area contributed by atoms with Gasteiger partial charge in [0, 0.05) is 13.7 Å². The molecule has 0 bridgehead atoms. The Hall–Kier alpha value is -2.60. The molecule has 140 valence electrons. The van der Waals surface area contributed by atoms with Crippen molar-refractivity contribution in [3.8, 4) is 0 Å². The number of alkyl carbamates (subject to hydrolysis) is 1. The van der Waals surface area contributed by atoms with Gasteiger partial charge >= 0.3 is 6.09 Å². The van der Waals surface area contributed by atoms with Crippen LogP contribution < -0.4 is 10.6 Å². The minimum Gasteiger partial charge on any atom is -0.444 e. The molecule has 0 heterocycles. The fourth-order valence-corrected chi connectivity index (χ4v) is 2.55. The van der Waals surface area contributed by atoms with Crippen molar-refractivity contribution in [3.63, 3.8) is 0 Å². The molecule has 0 aliphatic rings. The lowest BCUT2D eigenvalue weighted by molar-refractivity contribution is -0.124. The van der Waals surface area contributed by atoms with E-state index in [0.717, 1.165) is 16.3 Å². The van der Waals surface area contributed by atoms with Gasteiger partial charge < -0.3 is 20.1 Å². The summed E-state index contributed by atoms with van der Waals surface area (Å²) in [6.45, 7) is 5.70. The van der Waals surface area contributed by atoms with Crippen molar-refractivity contribution >= 4 is 22.8 Å². The van der Waals surface area contributed by atoms with Crippen molar-refractivity contribution in [2.24, 2.45) is 0 Å². The molecular formula is C20H26N2O4. The van der Waals surface area contributed by atoms with Crippen LogP contribution in [-0.2, 0) is 20.8 Å². The summed E-state index contributed by atoms with van der Waals surface area (Å²) < 4.78 is 10.2. The lowest BCUT2D eigenvalue weighted by Gasteiger charge is -2.23. The van der Waals surface area contributed by atoms with Crippen LogP contribution in [0, 0.1) is 0 Å². The minimum absolute atomic E-state index is 0.0562. The zero-order valence-corrected chi connectivity index (χ0v) is 15.7. The van der Waals surface area contributed by atoms with E-state index in [9.17, 15) is 9.59 Å². The number of rotatable bonds is 6. The minimum atomic E-state index is -0.829. The number of hydrogen-bond donors (Lipinski definition) is 2. The van der Waals surface area contributed by atoms with Crippen LogP contribution in [0.15, 0.2) is 42.5 Å². The summed E-state index contributed by atoms with van der Waals surface area (Å²) in [4.78, 5) is 24.4. The van der Waals surface area contributed by atoms with Crippen LogP contribution in [-0.4, -0.2) is 37.4 Å². The van der Waals surface area contributed by atoms with Crippen molar-refractivity contribution in [1.82, 2.24) is 10.6 Å². The van der Waals surface area contributed by atoms with E-state index in [2.05, 4.69) is 10.6 Å². The first-order valence-electron chi connectivity index (χ1n) is 8.53. The molecule has 0 fully saturated rings. The van der Waals surface area contributed by atoms with Crippen molar-refractivity contribution in [1.29, 1.82) is 0 Å². The standard InChI is InChI=1S/C20H26N2O4/c1-20(2,3)26-19(24)22-17(13-25-4)18(23)21-12-15-10-7-9-14-8-5-6-11-16(14)15/h5-11,17H,12-13H2,1-4H3,(H,21,23)(H,22,24)/t17-/m0/s1. The third-order valence-corrected chi connectivity index (χ3v) is 3.67. The highest BCUT2D eigenvalue weighted by Crippen LogP contribution is 2.18. The first kappa shape index (κ1) is 19.7. The molecule has 0 saturated heterocycles. The Morgan fingerprint density at radius 3 is 2.46 bits per heavy atom. The van der Waals surface area contributed by atoms with E-state index in [-0.39, 0.29) is 12.5 Å². The average Bonchev–Trinajstić information content (AvgIpc) is 2.57. The maximum atomic E-state index is 12.5. The molecule has 2 rings (SSSR count). The van der Waals surface area contributed by atoms with Crippen LogP contribution in [0.25, 0.3) is 10.8 Å². The summed E-state index contributed by atoms with van der Waals surface area (Å²) >= 11 is 0. The molecule has 1 atom stereocenters. The highest BCUT2D eigenvalue weighted by Gasteiger charge is 2.24. The van der Waals surface area contributed by atoms with Crippen LogP contribution in [0.2, 0.25) is 0 Å². The van der Waals surface area contributed by atoms with E-state index in [4.69, 9.17) is 9.47 Å². The third-order valence-electron chi connectivity index (χ3n) is 3.67. The number of benzene rings is 2. The molecule has 2 N–H and O–H groups in total. The molecule has 0 aliphatic heterocycles. The average molecular weight is 358 g/mol. The third kappa shape index (κ3) is 5.74. The Morgan fingerprint density at radius 1 is 1.08 bits per heavy atom. The number of nitrogens with one attached hydrogen (secondary N) is 2. The largest absolute Gasteiger partial charge is 0.444 e. The van der Waals surface area contributed by atoms with Gasteiger partial charge in [0.15, 0.2) is 0 Å². The number of methoxy groups -OCH3 is 1. The van der Waals surface area contributed by atoms with Gasteiger partial charge in [0.1, 0.15) is 11.6 Å². The molecular weight excluding hydrogens is 332 g/mol. The fourth-order valence-electron chi connectivity index (χ4n) is 2.55. The van der Waals surface area contributed by atoms with Crippen molar-refractivity contribution < 1.29 is 19.1 Å². The maximum Gasteiger partial charge on any atom is 0.408 e. The first-order chi connectivity index (χ1) is 12.3. The number of ether oxygens (including phenoxy) is 2. The van der Waals surface area contributed by atoms with Gasteiger partial charge in [-0.1, -0.05) is 42.5 Å². The van der Waals surface area contributed by atoms with E-state index in [0.29, 0.717) is 6.54 Å². The van der Waals surface area contributed by atoms with Gasteiger partial charge in [-0.2, -0.15) is 0 Å². The van der Waals surface area contributed by atoms with E-state index in [1.165, 1.54) is 7.11 Å². The molecule has 0 aromatic heterocycles. The number of amides is 2. The van der Waals surface area contributed by atoms with E-state index < -0.39 is 17.7 Å². The lowest BCUT2D eigenvalue weighted by Crippen LogP contribution is -2.50. The zero-order chi connectivity index (χ0) is 19.2. The first-order valence-corrected chi connectivity index (χ1v) is 8.53. The molecule has 0 saturated carbocycles. The Labute approximate surface area is 153 Å². The van der Waals surface area contributed by atoms with Gasteiger partial charge in [-0.05, 0) is 37.1 Å². The van der Waals surface area contributed by atoms with Gasteiger partial charge in [0.2, 0.25) is 5.91 Å². The highest BCUT2D eigenvalue weighted by molar-refractivity contribution is 5.88. The van der Waals surface area contributed by atoms with Gasteiger partial charge in [-0.3, -0.25) is 4.79 Å². The van der Waals surface area contributed by atoms with Gasteiger partial charge in [-0.25, -0.2) is 4.79 Å². The molecule has 2 aromatic carbocycles. The molecule has 0 spiro atoms. The molecule has 26 heavy (non-hydrogen) atoms. The molecule has 0 unspecified atom stereocenters. The summed E-state index contributed by atoms with van der Waals surface area (Å²) in [5.41, 5.74) is 0.367. The fraction of sp³-hybridized carbons (Fsp3) is 0.400. The number of carbonyl (C=O) groups is 2. The van der Waals surface area contributed by atoms with E-state index in [1.54, 1.807) is 20.8 Å². The van der Waals surface area contributed by atoms with Gasteiger partial charge in [-0.15, -0.1) is 0 Å². The van der Waals surface area contributed by atoms with Crippen LogP contribution >= 0.6 is 0 Å². The quantitative estimate of drug-likeness (QED) is 0.832. The Balaban J connectivity index is 2.01. The summed E-state index contributed by atoms with van der Waals surface area (Å²) in [6.07, 6.45) is -0.653. The molecule has 2 aromatic rings. The van der Waals surface area contributed by atoms with Crippen LogP contribution in [0.5, 0.6) is 0 Å². The second kappa shape index (κ2) is 8.67. The monoisotopic (exact) mass is 358 g/mol. The predicted molar refractivity (Wildman–Crippen MR) is 101 cm³/mol.